The second-order valence-electron chi connectivity index (χ2n) is 6.31. The highest BCUT2D eigenvalue weighted by atomic mass is 19.4. The molecule has 0 saturated heterocycles. The number of amides is 1. The third kappa shape index (κ3) is 3.89. The molecule has 30 heavy (non-hydrogen) atoms. The van der Waals surface area contributed by atoms with E-state index in [-0.39, 0.29) is 6.07 Å². The second kappa shape index (κ2) is 7.59. The van der Waals surface area contributed by atoms with Crippen LogP contribution >= 0.6 is 0 Å². The van der Waals surface area contributed by atoms with Crippen LogP contribution in [0.5, 0.6) is 0 Å². The molecule has 0 unspecified atom stereocenters. The maximum absolute atomic E-state index is 14.3. The third-order valence-electron chi connectivity index (χ3n) is 3.81. The highest BCUT2D eigenvalue weighted by molar-refractivity contribution is 5.92. The number of hydrogen-bond donors (Lipinski definition) is 1. The Morgan fingerprint density at radius 1 is 0.900 bits per heavy atom. The molecule has 1 rings (SSSR count). The quantitative estimate of drug-likeness (QED) is 0.558. The average molecular weight is 456 g/mol. The number of nitrogens with one attached hydrogen (secondary N) is 1. The van der Waals surface area contributed by atoms with Gasteiger partial charge in [-0.3, -0.25) is 4.79 Å². The van der Waals surface area contributed by atoms with Crippen molar-refractivity contribution in [1.82, 2.24) is 0 Å². The first-order chi connectivity index (χ1) is 13.3. The summed E-state index contributed by atoms with van der Waals surface area (Å²) in [5, 5.41) is 10.7. The summed E-state index contributed by atoms with van der Waals surface area (Å²) in [4.78, 5) is 11.6. The number of anilines is 1. The minimum atomic E-state index is -7.61. The minimum absolute atomic E-state index is 0.0887. The van der Waals surface area contributed by atoms with Crippen LogP contribution in [0, 0.1) is 17.2 Å². The Morgan fingerprint density at radius 3 is 1.80 bits per heavy atom. The van der Waals surface area contributed by atoms with Gasteiger partial charge in [0.15, 0.2) is 0 Å². The van der Waals surface area contributed by atoms with Gasteiger partial charge in [0, 0.05) is 17.2 Å². The summed E-state index contributed by atoms with van der Waals surface area (Å²) in [5.74, 6) is -30.5. The molecule has 1 aromatic carbocycles. The molecule has 0 bridgehead atoms. The molecule has 0 aliphatic rings. The van der Waals surface area contributed by atoms with Gasteiger partial charge in [0.2, 0.25) is 5.91 Å². The zero-order valence-electron chi connectivity index (χ0n) is 14.8. The van der Waals surface area contributed by atoms with Crippen molar-refractivity contribution in [1.29, 1.82) is 5.26 Å². The summed E-state index contributed by atoms with van der Waals surface area (Å²) in [5.41, 5.74) is -4.42. The van der Waals surface area contributed by atoms with Crippen LogP contribution in [-0.2, 0) is 10.7 Å². The molecule has 14 heteroatoms. The molecule has 168 valence electrons. The summed E-state index contributed by atoms with van der Waals surface area (Å²) in [6, 6.07) is 1.93. The van der Waals surface area contributed by atoms with E-state index in [9.17, 15) is 53.1 Å². The van der Waals surface area contributed by atoms with Crippen LogP contribution in [0.4, 0.5) is 54.0 Å². The van der Waals surface area contributed by atoms with Crippen molar-refractivity contribution in [2.24, 2.45) is 5.92 Å². The molecule has 0 aromatic heterocycles. The van der Waals surface area contributed by atoms with E-state index in [4.69, 9.17) is 5.26 Å². The lowest BCUT2D eigenvalue weighted by Crippen LogP contribution is -2.65. The number of nitriles is 1. The van der Waals surface area contributed by atoms with Crippen LogP contribution in [0.1, 0.15) is 25.0 Å². The van der Waals surface area contributed by atoms with Gasteiger partial charge in [-0.15, -0.1) is 0 Å². The van der Waals surface area contributed by atoms with Crippen molar-refractivity contribution >= 4 is 11.6 Å². The van der Waals surface area contributed by atoms with Gasteiger partial charge in [0.1, 0.15) is 0 Å². The van der Waals surface area contributed by atoms with E-state index in [0.717, 1.165) is 12.1 Å². The Kier molecular flexibility index (Phi) is 6.43. The molecule has 1 N–H and O–H groups in total. The van der Waals surface area contributed by atoms with Crippen LogP contribution in [0.15, 0.2) is 18.2 Å². The number of carbonyl (C=O) groups excluding carboxylic acids is 1. The van der Waals surface area contributed by atoms with Gasteiger partial charge in [-0.2, -0.15) is 53.6 Å². The Bertz CT molecular complexity index is 854. The maximum atomic E-state index is 14.3. The summed E-state index contributed by atoms with van der Waals surface area (Å²) >= 11 is 0. The highest BCUT2D eigenvalue weighted by Gasteiger charge is 2.87. The lowest BCUT2D eigenvalue weighted by Gasteiger charge is -2.37. The van der Waals surface area contributed by atoms with Crippen molar-refractivity contribution in [3.63, 3.8) is 0 Å². The fraction of sp³-hybridized carbons (Fsp3) is 0.500. The van der Waals surface area contributed by atoms with Crippen LogP contribution < -0.4 is 5.32 Å². The lowest BCUT2D eigenvalue weighted by molar-refractivity contribution is -0.424. The number of carbonyl (C=O) groups is 1. The van der Waals surface area contributed by atoms with E-state index in [0.29, 0.717) is 6.07 Å². The molecular formula is C16H11F11N2O. The molecule has 0 fully saturated rings. The molecule has 0 atom stereocenters. The lowest BCUT2D eigenvalue weighted by atomic mass is 9.90. The van der Waals surface area contributed by atoms with E-state index in [1.165, 1.54) is 13.8 Å². The van der Waals surface area contributed by atoms with Crippen molar-refractivity contribution < 1.29 is 53.1 Å². The van der Waals surface area contributed by atoms with Crippen molar-refractivity contribution in [2.75, 3.05) is 5.32 Å². The maximum Gasteiger partial charge on any atom is 0.460 e. The SMILES string of the molecule is CC(C)C(=O)Nc1ccc(C#N)c(C(F)(F)C(F)(F)C(F)(F)C(F)(F)C(F)(F)F)c1. The molecule has 0 spiro atoms. The molecule has 1 amide bonds. The molecule has 0 aliphatic carbocycles. The Morgan fingerprint density at radius 2 is 1.40 bits per heavy atom. The fourth-order valence-corrected chi connectivity index (χ4v) is 2.01. The summed E-state index contributed by atoms with van der Waals surface area (Å²) in [7, 11) is 0. The second-order valence-corrected chi connectivity index (χ2v) is 6.31. The van der Waals surface area contributed by atoms with Gasteiger partial charge in [-0.05, 0) is 18.2 Å². The van der Waals surface area contributed by atoms with E-state index < -0.39 is 58.5 Å². The number of alkyl halides is 11. The Balaban J connectivity index is 3.65. The average Bonchev–Trinajstić information content (AvgIpc) is 2.59. The van der Waals surface area contributed by atoms with E-state index >= 15 is 0 Å². The van der Waals surface area contributed by atoms with Crippen molar-refractivity contribution in [3.8, 4) is 6.07 Å². The first-order valence-corrected chi connectivity index (χ1v) is 7.69. The van der Waals surface area contributed by atoms with Gasteiger partial charge in [0.25, 0.3) is 0 Å². The smallest absolute Gasteiger partial charge is 0.326 e. The summed E-state index contributed by atoms with van der Waals surface area (Å²) in [6.07, 6.45) is -7.29. The van der Waals surface area contributed by atoms with Gasteiger partial charge in [0.05, 0.1) is 11.6 Å². The monoisotopic (exact) mass is 456 g/mol. The molecule has 0 heterocycles. The molecule has 0 aliphatic heterocycles. The normalized spacial score (nSPS) is 13.9. The zero-order valence-corrected chi connectivity index (χ0v) is 14.8. The first-order valence-electron chi connectivity index (χ1n) is 7.69. The largest absolute Gasteiger partial charge is 0.460 e. The molecule has 0 saturated carbocycles. The number of rotatable bonds is 6. The van der Waals surface area contributed by atoms with Crippen molar-refractivity contribution in [2.45, 2.75) is 43.7 Å². The van der Waals surface area contributed by atoms with Crippen LogP contribution in [0.3, 0.4) is 0 Å². The molecule has 3 nitrogen and oxygen atoms in total. The van der Waals surface area contributed by atoms with Crippen LogP contribution in [0.2, 0.25) is 0 Å². The zero-order chi connectivity index (χ0) is 23.9. The third-order valence-corrected chi connectivity index (χ3v) is 3.81. The molecule has 1 aromatic rings. The number of nitrogens with zero attached hydrogens (tertiary/aromatic N) is 1. The number of halogens is 11. The fourth-order valence-electron chi connectivity index (χ4n) is 2.01. The molecule has 0 radical (unpaired) electrons. The minimum Gasteiger partial charge on any atom is -0.326 e. The Labute approximate surface area is 161 Å². The van der Waals surface area contributed by atoms with Gasteiger partial charge >= 0.3 is 29.9 Å². The highest BCUT2D eigenvalue weighted by Crippen LogP contribution is 2.60. The summed E-state index contributed by atoms with van der Waals surface area (Å²) in [6.45, 7) is 2.64. The van der Waals surface area contributed by atoms with Gasteiger partial charge < -0.3 is 5.32 Å². The molecular weight excluding hydrogens is 445 g/mol. The summed E-state index contributed by atoms with van der Waals surface area (Å²) < 4.78 is 146. The van der Waals surface area contributed by atoms with Gasteiger partial charge in [-0.1, -0.05) is 13.8 Å². The predicted octanol–water partition coefficient (Wildman–Crippen LogP) is 5.71. The Hall–Kier alpha value is -2.59. The van der Waals surface area contributed by atoms with Crippen molar-refractivity contribution in [3.05, 3.63) is 29.3 Å². The predicted molar refractivity (Wildman–Crippen MR) is 79.4 cm³/mol. The van der Waals surface area contributed by atoms with Crippen LogP contribution in [-0.4, -0.2) is 29.9 Å². The number of hydrogen-bond acceptors (Lipinski definition) is 2. The topological polar surface area (TPSA) is 52.9 Å². The van der Waals surface area contributed by atoms with E-state index in [1.807, 2.05) is 5.32 Å². The van der Waals surface area contributed by atoms with E-state index in [1.54, 1.807) is 0 Å². The standard InChI is InChI=1S/C16H11F11N2O/c1-7(2)11(30)29-9-4-3-8(6-28)10(5-9)12(17,18)13(19,20)14(21,22)15(23,24)16(25,26)27/h3-5,7H,1-2H3,(H,29,30). The van der Waals surface area contributed by atoms with Gasteiger partial charge in [-0.25, -0.2) is 0 Å². The first kappa shape index (κ1) is 25.4. The van der Waals surface area contributed by atoms with Crippen LogP contribution in [0.25, 0.3) is 0 Å². The number of benzene rings is 1. The van der Waals surface area contributed by atoms with E-state index in [2.05, 4.69) is 0 Å².